The molecule has 562 valence electrons. The van der Waals surface area contributed by atoms with Crippen molar-refractivity contribution >= 4 is 55.7 Å². The molecule has 0 saturated carbocycles. The molecular weight excluding hydrogens is 1500 g/mol. The zero-order valence-corrected chi connectivity index (χ0v) is 67.1. The van der Waals surface area contributed by atoms with Gasteiger partial charge in [0.15, 0.2) is 17.3 Å². The molecule has 0 atom stereocenters. The summed E-state index contributed by atoms with van der Waals surface area (Å²) in [4.78, 5) is 24.4. The normalized spacial score (nSPS) is 12.5. The average molecular weight is 1580 g/mol. The third-order valence-corrected chi connectivity index (χ3v) is 23.0. The van der Waals surface area contributed by atoms with Crippen LogP contribution in [0.5, 0.6) is 0 Å². The molecule has 8 nitrogen and oxygen atoms in total. The maximum atomic E-state index is 8.91. The number of hydrogen-bond acceptors (Lipinski definition) is 7. The van der Waals surface area contributed by atoms with Crippen LogP contribution < -0.4 is 5.46 Å². The molecular formula is C108H78BBrN6O2. The van der Waals surface area contributed by atoms with Crippen LogP contribution in [0.2, 0.25) is 0 Å². The Hall–Kier alpha value is -14.4. The quantitative estimate of drug-likeness (QED) is 0.0790. The predicted octanol–water partition coefficient (Wildman–Crippen LogP) is 28.1. The Morgan fingerprint density at radius 1 is 0.297 bits per heavy atom. The first-order valence-corrected chi connectivity index (χ1v) is 40.2. The van der Waals surface area contributed by atoms with E-state index in [1.54, 1.807) is 0 Å². The molecule has 0 unspecified atom stereocenters. The number of fused-ring (bicyclic) bond motifs is 2. The summed E-state index contributed by atoms with van der Waals surface area (Å²) >= 11 is 3.77. The van der Waals surface area contributed by atoms with Crippen LogP contribution >= 0.6 is 15.9 Å². The van der Waals surface area contributed by atoms with Gasteiger partial charge in [0.25, 0.3) is 0 Å². The summed E-state index contributed by atoms with van der Waals surface area (Å²) in [6.45, 7) is 15.6. The van der Waals surface area contributed by atoms with Crippen molar-refractivity contribution in [3.8, 4) is 152 Å². The van der Waals surface area contributed by atoms with Crippen LogP contribution in [0, 0.1) is 17.9 Å². The SMILES string of the molecule is CC1(C)OB(c2ccc(-c3nc(-c4ccccc4)nc(-c4ccccc4)c3-c3ccccc3)cc2)OC1(C)C.N#Cc1ccc(-c2ccc(-c3ccc4ccccc4c3Br)cc2)cc1.[C-]#[N+]c1ccc(-c2ccc(-c3ccc4ccccc4c3-c3ccc(-c4nc(-c5ccccc5)nc(-c5ccccc5)c4-c4ccccc4)cc3)cc2)cc1. The minimum Gasteiger partial charge on any atom is -0.399 e. The van der Waals surface area contributed by atoms with Gasteiger partial charge in [-0.05, 0) is 150 Å². The Labute approximate surface area is 697 Å². The monoisotopic (exact) mass is 1580 g/mol. The largest absolute Gasteiger partial charge is 0.494 e. The molecule has 0 bridgehead atoms. The number of halogens is 1. The van der Waals surface area contributed by atoms with Crippen molar-refractivity contribution in [2.45, 2.75) is 38.9 Å². The van der Waals surface area contributed by atoms with Gasteiger partial charge in [0.05, 0.1) is 52.2 Å². The maximum Gasteiger partial charge on any atom is 0.494 e. The van der Waals surface area contributed by atoms with Crippen LogP contribution in [0.1, 0.15) is 33.3 Å². The number of nitrogens with zero attached hydrogens (tertiary/aromatic N) is 6. The van der Waals surface area contributed by atoms with E-state index in [4.69, 9.17) is 41.1 Å². The van der Waals surface area contributed by atoms with Crippen LogP contribution in [0.4, 0.5) is 5.69 Å². The molecule has 0 spiro atoms. The topological polar surface area (TPSA) is 98.2 Å². The molecule has 0 radical (unpaired) electrons. The summed E-state index contributed by atoms with van der Waals surface area (Å²) in [5.74, 6) is 1.38. The standard InChI is InChI=1S/C51H33N3.C34H31BN2O2.C23H14BrN/c1-52-44-32-29-36(30-33-44)35-21-23-38(24-22-35)46-34-31-37-13-11-12-20-45(37)47(46)40-25-27-42(28-26-40)50-48(39-14-5-2-6-15-39)49(41-16-7-3-8-17-41)53-51(54-50)43-18-9-4-10-19-43;1-33(2)34(3,4)39-35(38-33)28-22-20-26(21-23-28)31-29(24-14-8-5-9-15-24)30(25-16-10-6-11-17-25)36-32(37-31)27-18-12-7-13-19-27;24-23-21-4-2-1-3-19(21)13-14-22(23)20-11-9-18(10-12-20)17-7-5-16(15-25)6-8-17/h2-34H;5-23H,1-4H3;1-14H. The van der Waals surface area contributed by atoms with Crippen molar-refractivity contribution in [3.63, 3.8) is 0 Å². The molecule has 0 aliphatic carbocycles. The van der Waals surface area contributed by atoms with E-state index in [0.717, 1.165) is 122 Å². The second kappa shape index (κ2) is 34.0. The molecule has 2 aromatic heterocycles. The fraction of sp³-hybridized carbons (Fsp3) is 0.0556. The van der Waals surface area contributed by atoms with E-state index in [1.807, 2.05) is 121 Å². The first kappa shape index (κ1) is 76.3. The minimum atomic E-state index is -0.414. The second-order valence-corrected chi connectivity index (χ2v) is 30.9. The highest BCUT2D eigenvalue weighted by Gasteiger charge is 2.51. The smallest absolute Gasteiger partial charge is 0.399 e. The van der Waals surface area contributed by atoms with E-state index in [0.29, 0.717) is 22.9 Å². The maximum absolute atomic E-state index is 8.91. The Kier molecular flexibility index (Phi) is 22.0. The van der Waals surface area contributed by atoms with Gasteiger partial charge in [-0.15, -0.1) is 0 Å². The lowest BCUT2D eigenvalue weighted by atomic mass is 9.78. The molecule has 1 aliphatic rings. The van der Waals surface area contributed by atoms with E-state index in [9.17, 15) is 0 Å². The summed E-state index contributed by atoms with van der Waals surface area (Å²) < 4.78 is 13.7. The third kappa shape index (κ3) is 16.1. The van der Waals surface area contributed by atoms with Gasteiger partial charge < -0.3 is 9.31 Å². The molecule has 1 fully saturated rings. The summed E-state index contributed by atoms with van der Waals surface area (Å²) in [5, 5.41) is 13.7. The van der Waals surface area contributed by atoms with Gasteiger partial charge in [-0.1, -0.05) is 388 Å². The highest BCUT2D eigenvalue weighted by atomic mass is 79.9. The van der Waals surface area contributed by atoms with Crippen molar-refractivity contribution in [2.24, 2.45) is 0 Å². The van der Waals surface area contributed by atoms with Crippen LogP contribution in [-0.2, 0) is 9.31 Å². The zero-order chi connectivity index (χ0) is 80.5. The lowest BCUT2D eigenvalue weighted by Crippen LogP contribution is -2.41. The van der Waals surface area contributed by atoms with E-state index < -0.39 is 18.3 Å². The van der Waals surface area contributed by atoms with E-state index >= 15 is 0 Å². The lowest BCUT2D eigenvalue weighted by Gasteiger charge is -2.32. The van der Waals surface area contributed by atoms with E-state index in [1.165, 1.54) is 43.8 Å². The summed E-state index contributed by atoms with van der Waals surface area (Å²) in [7, 11) is -0.414. The first-order valence-electron chi connectivity index (χ1n) is 39.4. The average Bonchev–Trinajstić information content (AvgIpc) is 1.03. The molecule has 0 amide bonds. The van der Waals surface area contributed by atoms with Crippen LogP contribution in [-0.4, -0.2) is 38.3 Å². The third-order valence-electron chi connectivity index (χ3n) is 22.1. The molecule has 118 heavy (non-hydrogen) atoms. The van der Waals surface area contributed by atoms with Crippen LogP contribution in [0.3, 0.4) is 0 Å². The minimum absolute atomic E-state index is 0.390. The zero-order valence-electron chi connectivity index (χ0n) is 65.6. The van der Waals surface area contributed by atoms with Gasteiger partial charge in [0, 0.05) is 49.0 Å². The van der Waals surface area contributed by atoms with Crippen molar-refractivity contribution < 1.29 is 9.31 Å². The Balaban J connectivity index is 0.000000136. The molecule has 1 saturated heterocycles. The van der Waals surface area contributed by atoms with Crippen molar-refractivity contribution in [2.75, 3.05) is 0 Å². The fourth-order valence-electron chi connectivity index (χ4n) is 15.1. The van der Waals surface area contributed by atoms with Gasteiger partial charge in [0.2, 0.25) is 0 Å². The van der Waals surface area contributed by atoms with E-state index in [-0.39, 0.29) is 0 Å². The van der Waals surface area contributed by atoms with Gasteiger partial charge in [-0.25, -0.2) is 24.8 Å². The predicted molar refractivity (Wildman–Crippen MR) is 491 cm³/mol. The highest BCUT2D eigenvalue weighted by molar-refractivity contribution is 9.10. The Bertz CT molecular complexity index is 6670. The molecule has 16 aromatic carbocycles. The Morgan fingerprint density at radius 2 is 0.593 bits per heavy atom. The fourth-order valence-corrected chi connectivity index (χ4v) is 15.9. The second-order valence-electron chi connectivity index (χ2n) is 30.1. The molecule has 10 heteroatoms. The highest BCUT2D eigenvalue weighted by Crippen LogP contribution is 2.46. The van der Waals surface area contributed by atoms with Crippen LogP contribution in [0.15, 0.2) is 405 Å². The van der Waals surface area contributed by atoms with Crippen molar-refractivity contribution in [1.82, 2.24) is 19.9 Å². The summed E-state index contributed by atoms with van der Waals surface area (Å²) in [5.41, 5.74) is 26.8. The lowest BCUT2D eigenvalue weighted by molar-refractivity contribution is 0.00578. The summed E-state index contributed by atoms with van der Waals surface area (Å²) in [6, 6.07) is 140. The number of rotatable bonds is 14. The van der Waals surface area contributed by atoms with Crippen LogP contribution in [0.25, 0.3) is 172 Å². The van der Waals surface area contributed by atoms with E-state index in [2.05, 4.69) is 334 Å². The first-order chi connectivity index (χ1) is 57.8. The number of nitriles is 1. The molecule has 19 rings (SSSR count). The Morgan fingerprint density at radius 3 is 1.01 bits per heavy atom. The van der Waals surface area contributed by atoms with Gasteiger partial charge in [-0.3, -0.25) is 0 Å². The molecule has 1 aliphatic heterocycles. The van der Waals surface area contributed by atoms with Crippen molar-refractivity contribution in [3.05, 3.63) is 422 Å². The van der Waals surface area contributed by atoms with Crippen molar-refractivity contribution in [1.29, 1.82) is 5.26 Å². The van der Waals surface area contributed by atoms with Gasteiger partial charge in [-0.2, -0.15) is 5.26 Å². The summed E-state index contributed by atoms with van der Waals surface area (Å²) in [6.07, 6.45) is 0. The molecule has 3 heterocycles. The molecule has 18 aromatic rings. The molecule has 0 N–H and O–H groups in total. The number of hydrogen-bond donors (Lipinski definition) is 0. The number of benzene rings is 16. The van der Waals surface area contributed by atoms with Gasteiger partial charge in [0.1, 0.15) is 0 Å². The van der Waals surface area contributed by atoms with Gasteiger partial charge >= 0.3 is 7.12 Å². The number of aromatic nitrogens is 4.